The SMILES string of the molecule is C1=Nc2ccc(-c3cnc4ccccc4c3)cc2N2CCNCC2C1. The number of anilines is 1. The molecule has 2 aliphatic heterocycles. The van der Waals surface area contributed by atoms with Gasteiger partial charge in [0.2, 0.25) is 0 Å². The summed E-state index contributed by atoms with van der Waals surface area (Å²) in [6.45, 7) is 3.07. The van der Waals surface area contributed by atoms with E-state index in [0.717, 1.165) is 42.8 Å². The van der Waals surface area contributed by atoms with Gasteiger partial charge in [-0.25, -0.2) is 0 Å². The Bertz CT molecular complexity index is 963. The zero-order chi connectivity index (χ0) is 16.6. The van der Waals surface area contributed by atoms with Crippen LogP contribution < -0.4 is 10.2 Å². The van der Waals surface area contributed by atoms with Crippen molar-refractivity contribution < 1.29 is 0 Å². The molecule has 5 rings (SSSR count). The number of benzene rings is 2. The molecule has 1 atom stereocenters. The van der Waals surface area contributed by atoms with Crippen LogP contribution in [0.3, 0.4) is 0 Å². The Hall–Kier alpha value is -2.72. The second-order valence-electron chi connectivity index (χ2n) is 6.72. The van der Waals surface area contributed by atoms with Gasteiger partial charge < -0.3 is 10.2 Å². The van der Waals surface area contributed by atoms with E-state index in [1.807, 2.05) is 12.3 Å². The molecule has 0 bridgehead atoms. The van der Waals surface area contributed by atoms with Crippen LogP contribution in [0, 0.1) is 0 Å². The molecule has 3 aromatic rings. The largest absolute Gasteiger partial charge is 0.364 e. The van der Waals surface area contributed by atoms with Gasteiger partial charge in [0.1, 0.15) is 0 Å². The summed E-state index contributed by atoms with van der Waals surface area (Å²) in [5.41, 5.74) is 5.70. The summed E-state index contributed by atoms with van der Waals surface area (Å²) in [5, 5.41) is 4.67. The van der Waals surface area contributed by atoms with Gasteiger partial charge in [-0.15, -0.1) is 0 Å². The number of para-hydroxylation sites is 1. The predicted octanol–water partition coefficient (Wildman–Crippen LogP) is 3.79. The third-order valence-electron chi connectivity index (χ3n) is 5.17. The molecule has 1 fully saturated rings. The molecule has 3 heterocycles. The maximum absolute atomic E-state index is 4.69. The Morgan fingerprint density at radius 3 is 3.00 bits per heavy atom. The Balaban J connectivity index is 1.61. The van der Waals surface area contributed by atoms with Crippen LogP contribution in [-0.2, 0) is 0 Å². The van der Waals surface area contributed by atoms with Crippen molar-refractivity contribution >= 4 is 28.5 Å². The van der Waals surface area contributed by atoms with Gasteiger partial charge in [-0.05, 0) is 29.8 Å². The molecule has 0 spiro atoms. The van der Waals surface area contributed by atoms with E-state index in [2.05, 4.69) is 68.9 Å². The second-order valence-corrected chi connectivity index (χ2v) is 6.72. The number of rotatable bonds is 1. The zero-order valence-corrected chi connectivity index (χ0v) is 14.0. The molecule has 0 aliphatic carbocycles. The minimum atomic E-state index is 0.490. The first-order valence-electron chi connectivity index (χ1n) is 8.87. The number of pyridine rings is 1. The molecule has 124 valence electrons. The molecule has 2 aromatic carbocycles. The van der Waals surface area contributed by atoms with Crippen LogP contribution in [0.25, 0.3) is 22.0 Å². The summed E-state index contributed by atoms with van der Waals surface area (Å²) in [6, 6.07) is 17.5. The molecule has 4 heteroatoms. The van der Waals surface area contributed by atoms with Crippen LogP contribution in [0.2, 0.25) is 0 Å². The molecule has 0 saturated carbocycles. The molecule has 1 unspecified atom stereocenters. The van der Waals surface area contributed by atoms with Gasteiger partial charge in [0, 0.05) is 55.5 Å². The highest BCUT2D eigenvalue weighted by Gasteiger charge is 2.25. The molecular weight excluding hydrogens is 308 g/mol. The average molecular weight is 328 g/mol. The van der Waals surface area contributed by atoms with E-state index >= 15 is 0 Å². The first-order chi connectivity index (χ1) is 12.4. The van der Waals surface area contributed by atoms with Crippen molar-refractivity contribution in [3.05, 3.63) is 54.7 Å². The Morgan fingerprint density at radius 2 is 2.00 bits per heavy atom. The van der Waals surface area contributed by atoms with Crippen LogP contribution in [0.15, 0.2) is 59.7 Å². The normalized spacial score (nSPS) is 19.4. The number of aromatic nitrogens is 1. The quantitative estimate of drug-likeness (QED) is 0.739. The summed E-state index contributed by atoms with van der Waals surface area (Å²) in [6.07, 6.45) is 5.03. The number of piperazine rings is 1. The molecule has 1 saturated heterocycles. The molecule has 1 aromatic heterocycles. The third kappa shape index (κ3) is 2.59. The van der Waals surface area contributed by atoms with Crippen molar-refractivity contribution in [3.8, 4) is 11.1 Å². The van der Waals surface area contributed by atoms with Gasteiger partial charge in [0.25, 0.3) is 0 Å². The predicted molar refractivity (Wildman–Crippen MR) is 104 cm³/mol. The van der Waals surface area contributed by atoms with Crippen LogP contribution in [0.1, 0.15) is 6.42 Å². The van der Waals surface area contributed by atoms with E-state index < -0.39 is 0 Å². The van der Waals surface area contributed by atoms with E-state index in [-0.39, 0.29) is 0 Å². The molecule has 0 amide bonds. The zero-order valence-electron chi connectivity index (χ0n) is 14.0. The van der Waals surface area contributed by atoms with Gasteiger partial charge in [-0.2, -0.15) is 0 Å². The fraction of sp³-hybridized carbons (Fsp3) is 0.238. The number of nitrogens with one attached hydrogen (secondary N) is 1. The number of hydrogen-bond acceptors (Lipinski definition) is 4. The van der Waals surface area contributed by atoms with Gasteiger partial charge in [-0.3, -0.25) is 9.98 Å². The van der Waals surface area contributed by atoms with Gasteiger partial charge in [0.05, 0.1) is 16.9 Å². The summed E-state index contributed by atoms with van der Waals surface area (Å²) < 4.78 is 0. The fourth-order valence-corrected chi connectivity index (χ4v) is 3.83. The topological polar surface area (TPSA) is 40.5 Å². The maximum Gasteiger partial charge on any atom is 0.0859 e. The van der Waals surface area contributed by atoms with Crippen molar-refractivity contribution in [1.82, 2.24) is 10.3 Å². The monoisotopic (exact) mass is 328 g/mol. The van der Waals surface area contributed by atoms with Gasteiger partial charge in [-0.1, -0.05) is 24.3 Å². The first kappa shape index (κ1) is 14.6. The van der Waals surface area contributed by atoms with Crippen molar-refractivity contribution in [2.45, 2.75) is 12.5 Å². The van der Waals surface area contributed by atoms with Crippen molar-refractivity contribution in [2.75, 3.05) is 24.5 Å². The van der Waals surface area contributed by atoms with Crippen molar-refractivity contribution in [1.29, 1.82) is 0 Å². The van der Waals surface area contributed by atoms with Crippen LogP contribution in [0.4, 0.5) is 11.4 Å². The van der Waals surface area contributed by atoms with Crippen LogP contribution in [0.5, 0.6) is 0 Å². The smallest absolute Gasteiger partial charge is 0.0859 e. The molecule has 4 nitrogen and oxygen atoms in total. The number of nitrogens with zero attached hydrogens (tertiary/aromatic N) is 3. The lowest BCUT2D eigenvalue weighted by molar-refractivity contribution is 0.489. The Morgan fingerprint density at radius 1 is 1.04 bits per heavy atom. The molecular formula is C21H20N4. The molecule has 2 aliphatic rings. The van der Waals surface area contributed by atoms with Crippen molar-refractivity contribution in [3.63, 3.8) is 0 Å². The van der Waals surface area contributed by atoms with E-state index in [1.165, 1.54) is 16.6 Å². The number of aliphatic imine (C=N–C) groups is 1. The van der Waals surface area contributed by atoms with E-state index in [1.54, 1.807) is 0 Å². The van der Waals surface area contributed by atoms with Gasteiger partial charge >= 0.3 is 0 Å². The van der Waals surface area contributed by atoms with Crippen LogP contribution >= 0.6 is 0 Å². The maximum atomic E-state index is 4.69. The van der Waals surface area contributed by atoms with Crippen LogP contribution in [-0.4, -0.2) is 36.9 Å². The fourth-order valence-electron chi connectivity index (χ4n) is 3.83. The molecule has 1 N–H and O–H groups in total. The number of hydrogen-bond donors (Lipinski definition) is 1. The Labute approximate surface area is 147 Å². The molecule has 0 radical (unpaired) electrons. The summed E-state index contributed by atoms with van der Waals surface area (Å²) >= 11 is 0. The third-order valence-corrected chi connectivity index (χ3v) is 5.17. The highest BCUT2D eigenvalue weighted by molar-refractivity contribution is 5.86. The van der Waals surface area contributed by atoms with Crippen molar-refractivity contribution in [2.24, 2.45) is 4.99 Å². The van der Waals surface area contributed by atoms with Gasteiger partial charge in [0.15, 0.2) is 0 Å². The standard InChI is InChI=1S/C21H20N4/c1-2-4-19-16(3-1)11-17(13-24-19)15-5-6-20-21(12-15)25-10-9-22-14-18(25)7-8-23-20/h1-6,8,11-13,18,22H,7,9-10,14H2. The summed E-state index contributed by atoms with van der Waals surface area (Å²) in [5.74, 6) is 0. The number of fused-ring (bicyclic) bond motifs is 4. The Kier molecular flexibility index (Phi) is 3.49. The lowest BCUT2D eigenvalue weighted by atomic mass is 10.0. The van der Waals surface area contributed by atoms with E-state index in [0.29, 0.717) is 6.04 Å². The minimum absolute atomic E-state index is 0.490. The average Bonchev–Trinajstić information content (AvgIpc) is 2.86. The molecule has 25 heavy (non-hydrogen) atoms. The summed E-state index contributed by atoms with van der Waals surface area (Å²) in [4.78, 5) is 11.8. The minimum Gasteiger partial charge on any atom is -0.364 e. The first-order valence-corrected chi connectivity index (χ1v) is 8.87. The highest BCUT2D eigenvalue weighted by Crippen LogP contribution is 2.37. The lowest BCUT2D eigenvalue weighted by Gasteiger charge is -2.37. The van der Waals surface area contributed by atoms with E-state index in [9.17, 15) is 0 Å². The van der Waals surface area contributed by atoms with E-state index in [4.69, 9.17) is 0 Å². The summed E-state index contributed by atoms with van der Waals surface area (Å²) in [7, 11) is 0. The lowest BCUT2D eigenvalue weighted by Crippen LogP contribution is -2.51. The highest BCUT2D eigenvalue weighted by atomic mass is 15.2. The second kappa shape index (κ2) is 5.97.